The fraction of sp³-hybridized carbons (Fsp3) is 0.619. The van der Waals surface area contributed by atoms with E-state index in [-0.39, 0.29) is 29.8 Å². The van der Waals surface area contributed by atoms with Crippen LogP contribution in [-0.2, 0) is 9.59 Å². The van der Waals surface area contributed by atoms with Crippen LogP contribution >= 0.6 is 0 Å². The van der Waals surface area contributed by atoms with Crippen LogP contribution in [-0.4, -0.2) is 43.5 Å². The van der Waals surface area contributed by atoms with Gasteiger partial charge in [0, 0.05) is 30.6 Å². The standard InChI is InChI=1S/C21H30N2O4/c1-4-23-19(24)12-11-17(21(25)22-14-7-5-6-8-14)20(23)16-10-9-15(26-2)13-18(16)27-3/h9-10,13-14,17,20H,4-8,11-12H2,1-3H3,(H,22,25)/t17-,20+/m1/s1. The molecule has 2 aliphatic rings. The van der Waals surface area contributed by atoms with Crippen molar-refractivity contribution in [1.29, 1.82) is 0 Å². The van der Waals surface area contributed by atoms with Crippen molar-refractivity contribution < 1.29 is 19.1 Å². The molecule has 2 fully saturated rings. The molecule has 1 saturated heterocycles. The van der Waals surface area contributed by atoms with E-state index in [1.807, 2.05) is 30.0 Å². The van der Waals surface area contributed by atoms with Gasteiger partial charge in [0.2, 0.25) is 11.8 Å². The molecular weight excluding hydrogens is 344 g/mol. The van der Waals surface area contributed by atoms with Gasteiger partial charge in [-0.1, -0.05) is 12.8 Å². The van der Waals surface area contributed by atoms with Crippen LogP contribution in [0.5, 0.6) is 11.5 Å². The monoisotopic (exact) mass is 374 g/mol. The van der Waals surface area contributed by atoms with Crippen molar-refractivity contribution in [3.8, 4) is 11.5 Å². The Morgan fingerprint density at radius 1 is 1.19 bits per heavy atom. The van der Waals surface area contributed by atoms with Gasteiger partial charge in [-0.05, 0) is 38.3 Å². The van der Waals surface area contributed by atoms with Gasteiger partial charge >= 0.3 is 0 Å². The second-order valence-electron chi connectivity index (χ2n) is 7.37. The molecule has 0 radical (unpaired) electrons. The average Bonchev–Trinajstić information content (AvgIpc) is 3.20. The number of benzene rings is 1. The molecule has 27 heavy (non-hydrogen) atoms. The first-order valence-electron chi connectivity index (χ1n) is 9.90. The molecule has 1 heterocycles. The molecular formula is C21H30N2O4. The van der Waals surface area contributed by atoms with Gasteiger partial charge in [-0.15, -0.1) is 0 Å². The highest BCUT2D eigenvalue weighted by molar-refractivity contribution is 5.85. The molecule has 6 heteroatoms. The number of methoxy groups -OCH3 is 2. The Hall–Kier alpha value is -2.24. The summed E-state index contributed by atoms with van der Waals surface area (Å²) in [7, 11) is 3.21. The quantitative estimate of drug-likeness (QED) is 0.831. The molecule has 6 nitrogen and oxygen atoms in total. The van der Waals surface area contributed by atoms with Crippen LogP contribution in [0.15, 0.2) is 18.2 Å². The van der Waals surface area contributed by atoms with Gasteiger partial charge in [0.05, 0.1) is 26.2 Å². The van der Waals surface area contributed by atoms with Crippen molar-refractivity contribution in [2.24, 2.45) is 5.92 Å². The Bertz CT molecular complexity index is 685. The summed E-state index contributed by atoms with van der Waals surface area (Å²) in [6.45, 7) is 2.52. The van der Waals surface area contributed by atoms with Crippen LogP contribution < -0.4 is 14.8 Å². The third kappa shape index (κ3) is 4.04. The molecule has 1 aliphatic heterocycles. The summed E-state index contributed by atoms with van der Waals surface area (Å²) in [5.41, 5.74) is 0.861. The fourth-order valence-electron chi connectivity index (χ4n) is 4.43. The number of ether oxygens (including phenoxy) is 2. The number of amides is 2. The maximum atomic E-state index is 13.1. The lowest BCUT2D eigenvalue weighted by Crippen LogP contribution is -2.49. The van der Waals surface area contributed by atoms with Crippen LogP contribution in [0.3, 0.4) is 0 Å². The SMILES string of the molecule is CCN1C(=O)CC[C@@H](C(=O)NC2CCCC2)[C@@H]1c1ccc(OC)cc1OC. The Labute approximate surface area is 161 Å². The minimum atomic E-state index is -0.321. The zero-order chi connectivity index (χ0) is 19.4. The summed E-state index contributed by atoms with van der Waals surface area (Å²) in [6, 6.07) is 5.53. The highest BCUT2D eigenvalue weighted by atomic mass is 16.5. The van der Waals surface area contributed by atoms with E-state index in [1.165, 1.54) is 12.8 Å². The van der Waals surface area contributed by atoms with Crippen molar-refractivity contribution in [3.05, 3.63) is 23.8 Å². The maximum absolute atomic E-state index is 13.1. The van der Waals surface area contributed by atoms with Crippen LogP contribution in [0.25, 0.3) is 0 Å². The number of nitrogens with zero attached hydrogens (tertiary/aromatic N) is 1. The minimum absolute atomic E-state index is 0.0516. The van der Waals surface area contributed by atoms with Crippen LogP contribution in [0, 0.1) is 5.92 Å². The van der Waals surface area contributed by atoms with Crippen molar-refractivity contribution >= 4 is 11.8 Å². The smallest absolute Gasteiger partial charge is 0.225 e. The number of hydrogen-bond acceptors (Lipinski definition) is 4. The van der Waals surface area contributed by atoms with Gasteiger partial charge in [0.1, 0.15) is 11.5 Å². The van der Waals surface area contributed by atoms with E-state index >= 15 is 0 Å². The molecule has 3 rings (SSSR count). The minimum Gasteiger partial charge on any atom is -0.497 e. The molecule has 1 aromatic carbocycles. The normalized spacial score (nSPS) is 23.4. The van der Waals surface area contributed by atoms with Crippen LogP contribution in [0.1, 0.15) is 57.1 Å². The number of nitrogens with one attached hydrogen (secondary N) is 1. The van der Waals surface area contributed by atoms with E-state index < -0.39 is 0 Å². The Morgan fingerprint density at radius 2 is 1.93 bits per heavy atom. The number of carbonyl (C=O) groups excluding carboxylic acids is 2. The molecule has 148 valence electrons. The Balaban J connectivity index is 1.94. The average molecular weight is 374 g/mol. The fourth-order valence-corrected chi connectivity index (χ4v) is 4.43. The summed E-state index contributed by atoms with van der Waals surface area (Å²) in [4.78, 5) is 27.5. The van der Waals surface area contributed by atoms with Crippen molar-refractivity contribution in [2.45, 2.75) is 57.5 Å². The molecule has 0 bridgehead atoms. The van der Waals surface area contributed by atoms with Crippen LogP contribution in [0.2, 0.25) is 0 Å². The van der Waals surface area contributed by atoms with Gasteiger partial charge in [-0.2, -0.15) is 0 Å². The lowest BCUT2D eigenvalue weighted by Gasteiger charge is -2.41. The number of hydrogen-bond donors (Lipinski definition) is 1. The summed E-state index contributed by atoms with van der Waals surface area (Å²) in [5, 5.41) is 3.23. The number of carbonyl (C=O) groups is 2. The molecule has 0 unspecified atom stereocenters. The van der Waals surface area contributed by atoms with Crippen molar-refractivity contribution in [2.75, 3.05) is 20.8 Å². The topological polar surface area (TPSA) is 67.9 Å². The third-order valence-electron chi connectivity index (χ3n) is 5.84. The summed E-state index contributed by atoms with van der Waals surface area (Å²) >= 11 is 0. The molecule has 1 saturated carbocycles. The summed E-state index contributed by atoms with van der Waals surface area (Å²) < 4.78 is 10.9. The molecule has 2 atom stereocenters. The first kappa shape index (κ1) is 19.5. The van der Waals surface area contributed by atoms with Gasteiger partial charge in [0.25, 0.3) is 0 Å². The van der Waals surface area contributed by atoms with Crippen LogP contribution in [0.4, 0.5) is 0 Å². The number of likely N-dealkylation sites (tertiary alicyclic amines) is 1. The van der Waals surface area contributed by atoms with Gasteiger partial charge in [-0.25, -0.2) is 0 Å². The predicted molar refractivity (Wildman–Crippen MR) is 103 cm³/mol. The molecule has 0 spiro atoms. The van der Waals surface area contributed by atoms with E-state index in [0.29, 0.717) is 30.9 Å². The Kier molecular flexibility index (Phi) is 6.24. The van der Waals surface area contributed by atoms with E-state index in [1.54, 1.807) is 14.2 Å². The maximum Gasteiger partial charge on any atom is 0.225 e. The molecule has 0 aromatic heterocycles. The third-order valence-corrected chi connectivity index (χ3v) is 5.84. The Morgan fingerprint density at radius 3 is 2.56 bits per heavy atom. The number of piperidine rings is 1. The first-order chi connectivity index (χ1) is 13.1. The molecule has 1 aromatic rings. The second-order valence-corrected chi connectivity index (χ2v) is 7.37. The van der Waals surface area contributed by atoms with Gasteiger partial charge in [-0.3, -0.25) is 9.59 Å². The molecule has 2 amide bonds. The lowest BCUT2D eigenvalue weighted by molar-refractivity contribution is -0.143. The van der Waals surface area contributed by atoms with E-state index in [0.717, 1.165) is 18.4 Å². The zero-order valence-corrected chi connectivity index (χ0v) is 16.5. The molecule has 1 aliphatic carbocycles. The van der Waals surface area contributed by atoms with E-state index in [9.17, 15) is 9.59 Å². The van der Waals surface area contributed by atoms with Crippen molar-refractivity contribution in [1.82, 2.24) is 10.2 Å². The number of rotatable bonds is 6. The highest BCUT2D eigenvalue weighted by Crippen LogP contribution is 2.42. The molecule has 1 N–H and O–H groups in total. The highest BCUT2D eigenvalue weighted by Gasteiger charge is 2.41. The van der Waals surface area contributed by atoms with E-state index in [2.05, 4.69) is 5.32 Å². The van der Waals surface area contributed by atoms with Gasteiger partial charge in [0.15, 0.2) is 0 Å². The van der Waals surface area contributed by atoms with Gasteiger partial charge < -0.3 is 19.7 Å². The van der Waals surface area contributed by atoms with Crippen molar-refractivity contribution in [3.63, 3.8) is 0 Å². The van der Waals surface area contributed by atoms with E-state index in [4.69, 9.17) is 9.47 Å². The largest absolute Gasteiger partial charge is 0.497 e. The second kappa shape index (κ2) is 8.63. The summed E-state index contributed by atoms with van der Waals surface area (Å²) in [5.74, 6) is 1.20. The lowest BCUT2D eigenvalue weighted by atomic mass is 9.83. The summed E-state index contributed by atoms with van der Waals surface area (Å²) in [6.07, 6.45) is 5.41. The first-order valence-corrected chi connectivity index (χ1v) is 9.90. The predicted octanol–water partition coefficient (Wildman–Crippen LogP) is 3.06. The zero-order valence-electron chi connectivity index (χ0n) is 16.5.